The highest BCUT2D eigenvalue weighted by Gasteiger charge is 2.34. The molecular formula is C16H20N4O2. The first-order valence-corrected chi connectivity index (χ1v) is 7.59. The SMILES string of the molecule is CC[C@]1(O)CCCN(C(=O)c2ccccc2-n2cnnc2)C1. The second kappa shape index (κ2) is 5.88. The van der Waals surface area contributed by atoms with Crippen LogP contribution >= 0.6 is 0 Å². The first-order valence-electron chi connectivity index (χ1n) is 7.59. The third kappa shape index (κ3) is 2.74. The van der Waals surface area contributed by atoms with Gasteiger partial charge in [-0.05, 0) is 31.4 Å². The minimum atomic E-state index is -0.764. The fourth-order valence-corrected chi connectivity index (χ4v) is 2.95. The summed E-state index contributed by atoms with van der Waals surface area (Å²) in [6, 6.07) is 7.39. The van der Waals surface area contributed by atoms with Crippen molar-refractivity contribution in [2.45, 2.75) is 31.8 Å². The molecule has 1 amide bonds. The lowest BCUT2D eigenvalue weighted by Crippen LogP contribution is -2.50. The first-order chi connectivity index (χ1) is 10.6. The van der Waals surface area contributed by atoms with Gasteiger partial charge in [0.2, 0.25) is 0 Å². The lowest BCUT2D eigenvalue weighted by Gasteiger charge is -2.39. The van der Waals surface area contributed by atoms with E-state index in [-0.39, 0.29) is 5.91 Å². The number of rotatable bonds is 3. The van der Waals surface area contributed by atoms with Gasteiger partial charge in [-0.3, -0.25) is 9.36 Å². The van der Waals surface area contributed by atoms with Crippen molar-refractivity contribution in [1.82, 2.24) is 19.7 Å². The Morgan fingerprint density at radius 2 is 2.05 bits per heavy atom. The van der Waals surface area contributed by atoms with Gasteiger partial charge in [-0.1, -0.05) is 19.1 Å². The first kappa shape index (κ1) is 14.7. The molecule has 2 aromatic rings. The molecule has 116 valence electrons. The van der Waals surface area contributed by atoms with Crippen molar-refractivity contribution in [3.8, 4) is 5.69 Å². The number of hydrogen-bond acceptors (Lipinski definition) is 4. The Kier molecular flexibility index (Phi) is 3.94. The summed E-state index contributed by atoms with van der Waals surface area (Å²) in [4.78, 5) is 14.6. The standard InChI is InChI=1S/C16H20N4O2/c1-2-16(22)8-5-9-19(10-16)15(21)13-6-3-4-7-14(13)20-11-17-18-12-20/h3-4,6-7,11-12,22H,2,5,8-10H2,1H3/t16-/m0/s1. The summed E-state index contributed by atoms with van der Waals surface area (Å²) in [6.07, 6.45) is 5.38. The van der Waals surface area contributed by atoms with E-state index in [0.29, 0.717) is 25.1 Å². The number of hydrogen-bond donors (Lipinski definition) is 1. The second-order valence-electron chi connectivity index (χ2n) is 5.79. The summed E-state index contributed by atoms with van der Waals surface area (Å²) in [5.74, 6) is -0.0594. The number of benzene rings is 1. The zero-order valence-corrected chi connectivity index (χ0v) is 12.6. The molecule has 0 bridgehead atoms. The zero-order chi connectivity index (χ0) is 15.6. The Bertz CT molecular complexity index is 656. The molecule has 0 radical (unpaired) electrons. The number of para-hydroxylation sites is 1. The van der Waals surface area contributed by atoms with Gasteiger partial charge in [0, 0.05) is 13.1 Å². The number of nitrogens with zero attached hydrogens (tertiary/aromatic N) is 4. The van der Waals surface area contributed by atoms with E-state index in [1.165, 1.54) is 0 Å². The summed E-state index contributed by atoms with van der Waals surface area (Å²) in [5.41, 5.74) is 0.588. The van der Waals surface area contributed by atoms with Crippen molar-refractivity contribution in [3.63, 3.8) is 0 Å². The summed E-state index contributed by atoms with van der Waals surface area (Å²) < 4.78 is 1.73. The van der Waals surface area contributed by atoms with Crippen LogP contribution in [0.4, 0.5) is 0 Å². The molecule has 1 aliphatic heterocycles. The molecule has 1 fully saturated rings. The quantitative estimate of drug-likeness (QED) is 0.935. The lowest BCUT2D eigenvalue weighted by molar-refractivity contribution is -0.0270. The largest absolute Gasteiger partial charge is 0.388 e. The van der Waals surface area contributed by atoms with Crippen LogP contribution in [0.3, 0.4) is 0 Å². The molecule has 6 heteroatoms. The van der Waals surface area contributed by atoms with E-state index < -0.39 is 5.60 Å². The van der Waals surface area contributed by atoms with Gasteiger partial charge in [-0.2, -0.15) is 0 Å². The van der Waals surface area contributed by atoms with Crippen LogP contribution in [-0.4, -0.2) is 49.4 Å². The van der Waals surface area contributed by atoms with Crippen LogP contribution in [-0.2, 0) is 0 Å². The van der Waals surface area contributed by atoms with Crippen LogP contribution in [0.25, 0.3) is 5.69 Å². The minimum Gasteiger partial charge on any atom is -0.388 e. The third-order valence-corrected chi connectivity index (χ3v) is 4.33. The van der Waals surface area contributed by atoms with E-state index >= 15 is 0 Å². The van der Waals surface area contributed by atoms with Crippen LogP contribution < -0.4 is 0 Å². The van der Waals surface area contributed by atoms with Gasteiger partial charge in [0.25, 0.3) is 5.91 Å². The molecule has 2 heterocycles. The number of aliphatic hydroxyl groups is 1. The molecule has 1 aromatic carbocycles. The van der Waals surface area contributed by atoms with Crippen molar-refractivity contribution in [2.75, 3.05) is 13.1 Å². The van der Waals surface area contributed by atoms with Crippen molar-refractivity contribution < 1.29 is 9.90 Å². The van der Waals surface area contributed by atoms with E-state index in [9.17, 15) is 9.90 Å². The molecular weight excluding hydrogens is 280 g/mol. The van der Waals surface area contributed by atoms with Crippen molar-refractivity contribution in [1.29, 1.82) is 0 Å². The fraction of sp³-hybridized carbons (Fsp3) is 0.438. The predicted molar refractivity (Wildman–Crippen MR) is 81.7 cm³/mol. The van der Waals surface area contributed by atoms with E-state index in [1.807, 2.05) is 25.1 Å². The van der Waals surface area contributed by atoms with E-state index in [2.05, 4.69) is 10.2 Å². The fourth-order valence-electron chi connectivity index (χ4n) is 2.95. The molecule has 0 spiro atoms. The molecule has 1 N–H and O–H groups in total. The number of amides is 1. The normalized spacial score (nSPS) is 21.8. The van der Waals surface area contributed by atoms with Gasteiger partial charge < -0.3 is 10.0 Å². The Morgan fingerprint density at radius 3 is 2.77 bits per heavy atom. The van der Waals surface area contributed by atoms with Gasteiger partial charge in [0.15, 0.2) is 0 Å². The van der Waals surface area contributed by atoms with Crippen LogP contribution in [0, 0.1) is 0 Å². The van der Waals surface area contributed by atoms with Gasteiger partial charge in [0.1, 0.15) is 12.7 Å². The van der Waals surface area contributed by atoms with Gasteiger partial charge in [-0.25, -0.2) is 0 Å². The predicted octanol–water partition coefficient (Wildman–Crippen LogP) is 1.64. The highest BCUT2D eigenvalue weighted by Crippen LogP contribution is 2.26. The van der Waals surface area contributed by atoms with Gasteiger partial charge in [0.05, 0.1) is 16.9 Å². The molecule has 1 aliphatic rings. The molecule has 3 rings (SSSR count). The lowest BCUT2D eigenvalue weighted by atomic mass is 9.90. The molecule has 6 nitrogen and oxygen atoms in total. The highest BCUT2D eigenvalue weighted by molar-refractivity contribution is 5.97. The molecule has 1 atom stereocenters. The summed E-state index contributed by atoms with van der Waals surface area (Å²) in [7, 11) is 0. The molecule has 0 unspecified atom stereocenters. The van der Waals surface area contributed by atoms with Crippen molar-refractivity contribution >= 4 is 5.91 Å². The molecule has 1 saturated heterocycles. The average Bonchev–Trinajstić information content (AvgIpc) is 3.08. The summed E-state index contributed by atoms with van der Waals surface area (Å²) in [6.45, 7) is 3.02. The maximum absolute atomic E-state index is 12.9. The zero-order valence-electron chi connectivity index (χ0n) is 12.6. The maximum Gasteiger partial charge on any atom is 0.256 e. The van der Waals surface area contributed by atoms with Gasteiger partial charge in [-0.15, -0.1) is 10.2 Å². The Hall–Kier alpha value is -2.21. The number of piperidine rings is 1. The third-order valence-electron chi connectivity index (χ3n) is 4.33. The van der Waals surface area contributed by atoms with Crippen molar-refractivity contribution in [2.24, 2.45) is 0 Å². The Balaban J connectivity index is 1.90. The number of carbonyl (C=O) groups is 1. The number of aromatic nitrogens is 3. The van der Waals surface area contributed by atoms with E-state index in [0.717, 1.165) is 18.5 Å². The molecule has 22 heavy (non-hydrogen) atoms. The van der Waals surface area contributed by atoms with E-state index in [1.54, 1.807) is 28.2 Å². The highest BCUT2D eigenvalue weighted by atomic mass is 16.3. The Morgan fingerprint density at radius 1 is 1.32 bits per heavy atom. The summed E-state index contributed by atoms with van der Waals surface area (Å²) in [5, 5.41) is 18.1. The smallest absolute Gasteiger partial charge is 0.256 e. The Labute approximate surface area is 129 Å². The molecule has 0 aliphatic carbocycles. The topological polar surface area (TPSA) is 71.2 Å². The van der Waals surface area contributed by atoms with Crippen LogP contribution in [0.5, 0.6) is 0 Å². The molecule has 1 aromatic heterocycles. The van der Waals surface area contributed by atoms with Crippen LogP contribution in [0.15, 0.2) is 36.9 Å². The average molecular weight is 300 g/mol. The number of likely N-dealkylation sites (tertiary alicyclic amines) is 1. The van der Waals surface area contributed by atoms with Gasteiger partial charge >= 0.3 is 0 Å². The monoisotopic (exact) mass is 300 g/mol. The van der Waals surface area contributed by atoms with E-state index in [4.69, 9.17) is 0 Å². The number of carbonyl (C=O) groups excluding carboxylic acids is 1. The molecule has 0 saturated carbocycles. The van der Waals surface area contributed by atoms with Crippen LogP contribution in [0.1, 0.15) is 36.5 Å². The van der Waals surface area contributed by atoms with Crippen molar-refractivity contribution in [3.05, 3.63) is 42.5 Å². The van der Waals surface area contributed by atoms with Crippen LogP contribution in [0.2, 0.25) is 0 Å². The maximum atomic E-state index is 12.9. The second-order valence-corrected chi connectivity index (χ2v) is 5.79. The summed E-state index contributed by atoms with van der Waals surface area (Å²) >= 11 is 0. The minimum absolute atomic E-state index is 0.0594. The number of β-amino-alcohol motifs (C(OH)–C–C–N with tert-alkyl or cyclic N) is 1.